The Morgan fingerprint density at radius 3 is 2.38 bits per heavy atom. The molecule has 1 N–H and O–H groups in total. The first-order chi connectivity index (χ1) is 13.7. The summed E-state index contributed by atoms with van der Waals surface area (Å²) < 4.78 is 41.0. The van der Waals surface area contributed by atoms with E-state index in [1.165, 1.54) is 43.4 Å². The van der Waals surface area contributed by atoms with Crippen LogP contribution in [0.2, 0.25) is 0 Å². The van der Waals surface area contributed by atoms with Gasteiger partial charge in [-0.3, -0.25) is 4.79 Å². The van der Waals surface area contributed by atoms with Gasteiger partial charge in [-0.15, -0.1) is 0 Å². The fourth-order valence-corrected chi connectivity index (χ4v) is 4.36. The van der Waals surface area contributed by atoms with Crippen LogP contribution in [0.15, 0.2) is 48.5 Å². The highest BCUT2D eigenvalue weighted by Gasteiger charge is 2.29. The molecule has 0 fully saturated rings. The summed E-state index contributed by atoms with van der Waals surface area (Å²) in [5, 5.41) is 2.70. The van der Waals surface area contributed by atoms with Gasteiger partial charge >= 0.3 is 10.2 Å². The van der Waals surface area contributed by atoms with Crippen molar-refractivity contribution in [3.8, 4) is 0 Å². The number of benzene rings is 2. The van der Waals surface area contributed by atoms with Crippen molar-refractivity contribution in [1.82, 2.24) is 9.62 Å². The van der Waals surface area contributed by atoms with Crippen LogP contribution >= 0.6 is 11.8 Å². The van der Waals surface area contributed by atoms with Crippen LogP contribution in [0.4, 0.5) is 10.1 Å². The van der Waals surface area contributed by atoms with E-state index in [9.17, 15) is 17.6 Å². The van der Waals surface area contributed by atoms with Gasteiger partial charge in [0.25, 0.3) is 0 Å². The molecule has 0 aliphatic heterocycles. The van der Waals surface area contributed by atoms with E-state index in [1.807, 2.05) is 6.92 Å². The number of carbonyl (C=O) groups excluding carboxylic acids is 1. The fourth-order valence-electron chi connectivity index (χ4n) is 2.47. The lowest BCUT2D eigenvalue weighted by molar-refractivity contribution is -0.119. The quantitative estimate of drug-likeness (QED) is 0.578. The van der Waals surface area contributed by atoms with Crippen LogP contribution in [0, 0.1) is 12.7 Å². The Labute approximate surface area is 176 Å². The van der Waals surface area contributed by atoms with Gasteiger partial charge < -0.3 is 5.32 Å². The average molecular weight is 440 g/mol. The van der Waals surface area contributed by atoms with Crippen LogP contribution < -0.4 is 9.62 Å². The summed E-state index contributed by atoms with van der Waals surface area (Å²) in [6.45, 7) is 1.93. The van der Waals surface area contributed by atoms with Crippen LogP contribution in [0.1, 0.15) is 11.1 Å². The van der Waals surface area contributed by atoms with E-state index in [1.54, 1.807) is 11.8 Å². The molecule has 0 radical (unpaired) electrons. The summed E-state index contributed by atoms with van der Waals surface area (Å²) in [6, 6.07) is 13.7. The van der Waals surface area contributed by atoms with Gasteiger partial charge in [-0.25, -0.2) is 8.70 Å². The zero-order valence-electron chi connectivity index (χ0n) is 16.8. The third kappa shape index (κ3) is 6.73. The Morgan fingerprint density at radius 1 is 1.10 bits per heavy atom. The largest absolute Gasteiger partial charge is 0.354 e. The van der Waals surface area contributed by atoms with Crippen molar-refractivity contribution in [3.05, 3.63) is 65.5 Å². The number of para-hydroxylation sites is 1. The Hall–Kier alpha value is -2.10. The molecule has 0 unspecified atom stereocenters. The maximum Gasteiger partial charge on any atom is 0.304 e. The molecule has 0 saturated heterocycles. The highest BCUT2D eigenvalue weighted by Crippen LogP contribution is 2.22. The topological polar surface area (TPSA) is 69.7 Å². The molecule has 0 heterocycles. The number of hydrogen-bond acceptors (Lipinski definition) is 4. The van der Waals surface area contributed by atoms with Crippen molar-refractivity contribution in [2.75, 3.05) is 37.2 Å². The van der Waals surface area contributed by atoms with Crippen molar-refractivity contribution in [2.24, 2.45) is 0 Å². The highest BCUT2D eigenvalue weighted by atomic mass is 32.2. The van der Waals surface area contributed by atoms with E-state index in [4.69, 9.17) is 0 Å². The standard InChI is InChI=1S/C20H26FN3O3S2/c1-16-8-10-17(11-9-16)15-28-13-12-22-20(25)14-24(29(26,27)23(2)3)19-7-5-4-6-18(19)21/h4-11H,12-15H2,1-3H3,(H,22,25). The van der Waals surface area contributed by atoms with Gasteiger partial charge in [-0.1, -0.05) is 42.0 Å². The molecule has 2 rings (SSSR count). The molecule has 158 valence electrons. The van der Waals surface area contributed by atoms with E-state index in [2.05, 4.69) is 29.6 Å². The number of anilines is 1. The summed E-state index contributed by atoms with van der Waals surface area (Å²) in [7, 11) is -1.35. The van der Waals surface area contributed by atoms with E-state index in [-0.39, 0.29) is 5.69 Å². The smallest absolute Gasteiger partial charge is 0.304 e. The minimum absolute atomic E-state index is 0.162. The molecule has 29 heavy (non-hydrogen) atoms. The first-order valence-corrected chi connectivity index (χ1v) is 11.6. The van der Waals surface area contributed by atoms with Crippen molar-refractivity contribution < 1.29 is 17.6 Å². The Balaban J connectivity index is 1.91. The monoisotopic (exact) mass is 439 g/mol. The molecular formula is C20H26FN3O3S2. The minimum atomic E-state index is -4.02. The summed E-state index contributed by atoms with van der Waals surface area (Å²) in [5.74, 6) is 0.306. The van der Waals surface area contributed by atoms with Crippen molar-refractivity contribution in [2.45, 2.75) is 12.7 Å². The summed E-state index contributed by atoms with van der Waals surface area (Å²) >= 11 is 1.67. The van der Waals surface area contributed by atoms with Gasteiger partial charge in [0, 0.05) is 32.1 Å². The van der Waals surface area contributed by atoms with Crippen molar-refractivity contribution in [1.29, 1.82) is 0 Å². The Bertz CT molecular complexity index is 919. The van der Waals surface area contributed by atoms with E-state index >= 15 is 0 Å². The molecule has 0 atom stereocenters. The summed E-state index contributed by atoms with van der Waals surface area (Å²) in [6.07, 6.45) is 0. The van der Waals surface area contributed by atoms with E-state index < -0.39 is 28.5 Å². The summed E-state index contributed by atoms with van der Waals surface area (Å²) in [4.78, 5) is 12.3. The van der Waals surface area contributed by atoms with E-state index in [0.29, 0.717) is 12.3 Å². The Morgan fingerprint density at radius 2 is 1.76 bits per heavy atom. The average Bonchev–Trinajstić information content (AvgIpc) is 2.67. The van der Waals surface area contributed by atoms with Crippen LogP contribution in [0.5, 0.6) is 0 Å². The van der Waals surface area contributed by atoms with Gasteiger partial charge in [-0.05, 0) is 24.6 Å². The molecule has 2 aromatic carbocycles. The fraction of sp³-hybridized carbons (Fsp3) is 0.350. The number of aryl methyl sites for hydroxylation is 1. The molecule has 0 saturated carbocycles. The third-order valence-corrected chi connectivity index (χ3v) is 6.94. The number of halogens is 1. The first kappa shape index (κ1) is 23.2. The highest BCUT2D eigenvalue weighted by molar-refractivity contribution is 7.98. The van der Waals surface area contributed by atoms with Crippen LogP contribution in [-0.4, -0.2) is 51.6 Å². The Kier molecular flexibility index (Phi) is 8.48. The minimum Gasteiger partial charge on any atom is -0.354 e. The second kappa shape index (κ2) is 10.6. The third-order valence-electron chi connectivity index (χ3n) is 4.11. The molecule has 0 aliphatic rings. The maximum absolute atomic E-state index is 14.2. The lowest BCUT2D eigenvalue weighted by Crippen LogP contribution is -2.46. The number of nitrogens with one attached hydrogen (secondary N) is 1. The normalized spacial score (nSPS) is 11.5. The van der Waals surface area contributed by atoms with Crippen LogP contribution in [0.3, 0.4) is 0 Å². The second-order valence-corrected chi connectivity index (χ2v) is 9.81. The number of nitrogens with zero attached hydrogens (tertiary/aromatic N) is 2. The van der Waals surface area contributed by atoms with E-state index in [0.717, 1.165) is 20.4 Å². The summed E-state index contributed by atoms with van der Waals surface area (Å²) in [5.41, 5.74) is 2.25. The second-order valence-electron chi connectivity index (χ2n) is 6.64. The number of amides is 1. The zero-order chi connectivity index (χ0) is 21.4. The maximum atomic E-state index is 14.2. The predicted octanol–water partition coefficient (Wildman–Crippen LogP) is 2.80. The molecular weight excluding hydrogens is 413 g/mol. The number of carbonyl (C=O) groups is 1. The van der Waals surface area contributed by atoms with Gasteiger partial charge in [0.2, 0.25) is 5.91 Å². The molecule has 9 heteroatoms. The van der Waals surface area contributed by atoms with Crippen molar-refractivity contribution >= 4 is 33.6 Å². The van der Waals surface area contributed by atoms with Crippen LogP contribution in [-0.2, 0) is 20.8 Å². The SMILES string of the molecule is Cc1ccc(CSCCNC(=O)CN(c2ccccc2F)S(=O)(=O)N(C)C)cc1. The molecule has 0 bridgehead atoms. The van der Waals surface area contributed by atoms with Gasteiger partial charge in [-0.2, -0.15) is 24.5 Å². The molecule has 0 spiro atoms. The molecule has 0 aliphatic carbocycles. The van der Waals surface area contributed by atoms with Gasteiger partial charge in [0.1, 0.15) is 12.4 Å². The van der Waals surface area contributed by atoms with Crippen LogP contribution in [0.25, 0.3) is 0 Å². The lowest BCUT2D eigenvalue weighted by atomic mass is 10.2. The molecule has 2 aromatic rings. The number of hydrogen-bond donors (Lipinski definition) is 1. The molecule has 1 amide bonds. The number of thioether (sulfide) groups is 1. The molecule has 0 aromatic heterocycles. The lowest BCUT2D eigenvalue weighted by Gasteiger charge is -2.27. The first-order valence-electron chi connectivity index (χ1n) is 9.06. The zero-order valence-corrected chi connectivity index (χ0v) is 18.4. The number of rotatable bonds is 10. The van der Waals surface area contributed by atoms with Gasteiger partial charge in [0.15, 0.2) is 0 Å². The van der Waals surface area contributed by atoms with Gasteiger partial charge in [0.05, 0.1) is 5.69 Å². The predicted molar refractivity (Wildman–Crippen MR) is 117 cm³/mol. The van der Waals surface area contributed by atoms with Crippen molar-refractivity contribution in [3.63, 3.8) is 0 Å². The molecule has 6 nitrogen and oxygen atoms in total.